The second-order valence-corrected chi connectivity index (χ2v) is 5.25. The van der Waals surface area contributed by atoms with Gasteiger partial charge >= 0.3 is 0 Å². The predicted octanol–water partition coefficient (Wildman–Crippen LogP) is 3.21. The third-order valence-corrected chi connectivity index (χ3v) is 3.96. The number of amides is 1. The van der Waals surface area contributed by atoms with E-state index < -0.39 is 0 Å². The Morgan fingerprint density at radius 2 is 1.67 bits per heavy atom. The van der Waals surface area contributed by atoms with Crippen LogP contribution in [0.25, 0.3) is 0 Å². The van der Waals surface area contributed by atoms with Gasteiger partial charge in [0.05, 0.1) is 12.5 Å². The van der Waals surface area contributed by atoms with Gasteiger partial charge in [0.25, 0.3) is 0 Å². The standard InChI is InChI=1S/C15H12BrNO/c16-13-8-4-3-7-12(13)15-11-6-2-1-5-10(11)9-14(18)17-15/h1-8,15H,9H2,(H,17,18). The van der Waals surface area contributed by atoms with Crippen molar-refractivity contribution in [2.24, 2.45) is 0 Å². The fourth-order valence-corrected chi connectivity index (χ4v) is 2.91. The van der Waals surface area contributed by atoms with Crippen LogP contribution >= 0.6 is 15.9 Å². The molecule has 0 saturated heterocycles. The molecule has 3 rings (SSSR count). The summed E-state index contributed by atoms with van der Waals surface area (Å²) in [6.45, 7) is 0. The lowest BCUT2D eigenvalue weighted by molar-refractivity contribution is -0.121. The largest absolute Gasteiger partial charge is 0.345 e. The van der Waals surface area contributed by atoms with Crippen molar-refractivity contribution in [2.45, 2.75) is 12.5 Å². The number of halogens is 1. The Morgan fingerprint density at radius 3 is 2.44 bits per heavy atom. The Balaban J connectivity index is 2.13. The first-order chi connectivity index (χ1) is 8.75. The fraction of sp³-hybridized carbons (Fsp3) is 0.133. The van der Waals surface area contributed by atoms with Crippen LogP contribution in [0.3, 0.4) is 0 Å². The van der Waals surface area contributed by atoms with Crippen LogP contribution in [0.15, 0.2) is 53.0 Å². The molecule has 18 heavy (non-hydrogen) atoms. The van der Waals surface area contributed by atoms with Crippen molar-refractivity contribution in [3.63, 3.8) is 0 Å². The van der Waals surface area contributed by atoms with E-state index in [0.29, 0.717) is 6.42 Å². The third-order valence-electron chi connectivity index (χ3n) is 3.24. The molecule has 1 aliphatic rings. The van der Waals surface area contributed by atoms with E-state index in [1.54, 1.807) is 0 Å². The third kappa shape index (κ3) is 1.95. The first-order valence-corrected chi connectivity index (χ1v) is 6.66. The number of hydrogen-bond donors (Lipinski definition) is 1. The van der Waals surface area contributed by atoms with Gasteiger partial charge in [-0.3, -0.25) is 4.79 Å². The average molecular weight is 302 g/mol. The first kappa shape index (κ1) is 11.5. The van der Waals surface area contributed by atoms with E-state index in [-0.39, 0.29) is 11.9 Å². The predicted molar refractivity (Wildman–Crippen MR) is 74.3 cm³/mol. The number of fused-ring (bicyclic) bond motifs is 1. The van der Waals surface area contributed by atoms with Gasteiger partial charge in [-0.25, -0.2) is 0 Å². The molecule has 2 aromatic carbocycles. The van der Waals surface area contributed by atoms with E-state index >= 15 is 0 Å². The topological polar surface area (TPSA) is 29.1 Å². The number of carbonyl (C=O) groups excluding carboxylic acids is 1. The van der Waals surface area contributed by atoms with Crippen LogP contribution < -0.4 is 5.32 Å². The van der Waals surface area contributed by atoms with Gasteiger partial charge in [0.1, 0.15) is 0 Å². The summed E-state index contributed by atoms with van der Waals surface area (Å²) in [6, 6.07) is 16.0. The molecule has 0 saturated carbocycles. The number of carbonyl (C=O) groups is 1. The Morgan fingerprint density at radius 1 is 1.00 bits per heavy atom. The summed E-state index contributed by atoms with van der Waals surface area (Å²) in [6.07, 6.45) is 0.469. The van der Waals surface area contributed by atoms with Crippen LogP contribution in [0.5, 0.6) is 0 Å². The Labute approximate surface area is 114 Å². The summed E-state index contributed by atoms with van der Waals surface area (Å²) in [5.41, 5.74) is 3.39. The van der Waals surface area contributed by atoms with E-state index in [1.165, 1.54) is 5.56 Å². The van der Waals surface area contributed by atoms with Gasteiger partial charge in [-0.05, 0) is 22.8 Å². The van der Waals surface area contributed by atoms with E-state index in [0.717, 1.165) is 15.6 Å². The Kier molecular flexibility index (Phi) is 2.92. The summed E-state index contributed by atoms with van der Waals surface area (Å²) in [5, 5.41) is 3.06. The minimum absolute atomic E-state index is 0.0574. The molecular formula is C15H12BrNO. The van der Waals surface area contributed by atoms with Gasteiger partial charge in [-0.1, -0.05) is 58.4 Å². The summed E-state index contributed by atoms with van der Waals surface area (Å²) in [5.74, 6) is 0.0782. The van der Waals surface area contributed by atoms with Gasteiger partial charge in [0.2, 0.25) is 5.91 Å². The van der Waals surface area contributed by atoms with Crippen LogP contribution in [0.1, 0.15) is 22.7 Å². The summed E-state index contributed by atoms with van der Waals surface area (Å²) in [7, 11) is 0. The molecule has 90 valence electrons. The average Bonchev–Trinajstić information content (AvgIpc) is 2.38. The van der Waals surface area contributed by atoms with Crippen LogP contribution in [0, 0.1) is 0 Å². The van der Waals surface area contributed by atoms with Crippen molar-refractivity contribution in [3.8, 4) is 0 Å². The minimum Gasteiger partial charge on any atom is -0.345 e. The molecule has 1 aliphatic heterocycles. The van der Waals surface area contributed by atoms with Gasteiger partial charge < -0.3 is 5.32 Å². The molecule has 0 bridgehead atoms. The van der Waals surface area contributed by atoms with Crippen LogP contribution in [0.4, 0.5) is 0 Å². The van der Waals surface area contributed by atoms with Crippen molar-refractivity contribution in [3.05, 3.63) is 69.7 Å². The fourth-order valence-electron chi connectivity index (χ4n) is 2.39. The zero-order valence-corrected chi connectivity index (χ0v) is 11.3. The first-order valence-electron chi connectivity index (χ1n) is 5.87. The quantitative estimate of drug-likeness (QED) is 0.861. The molecule has 1 unspecified atom stereocenters. The highest BCUT2D eigenvalue weighted by Crippen LogP contribution is 2.32. The molecule has 1 heterocycles. The highest BCUT2D eigenvalue weighted by atomic mass is 79.9. The summed E-state index contributed by atoms with van der Waals surface area (Å²) in [4.78, 5) is 11.8. The molecule has 3 heteroatoms. The van der Waals surface area contributed by atoms with Gasteiger partial charge in [0.15, 0.2) is 0 Å². The molecule has 1 atom stereocenters. The van der Waals surface area contributed by atoms with Crippen LogP contribution in [-0.4, -0.2) is 5.91 Å². The van der Waals surface area contributed by atoms with E-state index in [1.807, 2.05) is 42.5 Å². The van der Waals surface area contributed by atoms with E-state index in [2.05, 4.69) is 27.3 Å². The maximum atomic E-state index is 11.8. The summed E-state index contributed by atoms with van der Waals surface area (Å²) < 4.78 is 1.02. The van der Waals surface area contributed by atoms with Crippen molar-refractivity contribution < 1.29 is 4.79 Å². The van der Waals surface area contributed by atoms with Crippen molar-refractivity contribution in [1.29, 1.82) is 0 Å². The van der Waals surface area contributed by atoms with Crippen LogP contribution in [-0.2, 0) is 11.2 Å². The lowest BCUT2D eigenvalue weighted by atomic mass is 9.90. The maximum absolute atomic E-state index is 11.8. The van der Waals surface area contributed by atoms with E-state index in [4.69, 9.17) is 0 Å². The smallest absolute Gasteiger partial charge is 0.225 e. The lowest BCUT2D eigenvalue weighted by Crippen LogP contribution is -2.35. The second-order valence-electron chi connectivity index (χ2n) is 4.40. The second kappa shape index (κ2) is 4.58. The Hall–Kier alpha value is -1.61. The SMILES string of the molecule is O=C1Cc2ccccc2C(c2ccccc2Br)N1. The maximum Gasteiger partial charge on any atom is 0.225 e. The molecule has 0 aromatic heterocycles. The molecule has 2 aromatic rings. The molecule has 0 spiro atoms. The van der Waals surface area contributed by atoms with Crippen LogP contribution in [0.2, 0.25) is 0 Å². The van der Waals surface area contributed by atoms with Gasteiger partial charge in [-0.2, -0.15) is 0 Å². The molecule has 1 N–H and O–H groups in total. The lowest BCUT2D eigenvalue weighted by Gasteiger charge is -2.27. The molecule has 0 fully saturated rings. The number of hydrogen-bond acceptors (Lipinski definition) is 1. The number of nitrogens with one attached hydrogen (secondary N) is 1. The number of rotatable bonds is 1. The van der Waals surface area contributed by atoms with Gasteiger partial charge in [0, 0.05) is 4.47 Å². The van der Waals surface area contributed by atoms with Crippen molar-refractivity contribution >= 4 is 21.8 Å². The zero-order valence-electron chi connectivity index (χ0n) is 9.69. The minimum atomic E-state index is -0.0574. The molecule has 1 amide bonds. The highest BCUT2D eigenvalue weighted by Gasteiger charge is 2.26. The van der Waals surface area contributed by atoms with Crippen molar-refractivity contribution in [2.75, 3.05) is 0 Å². The van der Waals surface area contributed by atoms with Crippen molar-refractivity contribution in [1.82, 2.24) is 5.32 Å². The molecule has 2 nitrogen and oxygen atoms in total. The highest BCUT2D eigenvalue weighted by molar-refractivity contribution is 9.10. The number of benzene rings is 2. The summed E-state index contributed by atoms with van der Waals surface area (Å²) >= 11 is 3.55. The van der Waals surface area contributed by atoms with Gasteiger partial charge in [-0.15, -0.1) is 0 Å². The Bertz CT molecular complexity index is 609. The zero-order chi connectivity index (χ0) is 12.5. The normalized spacial score (nSPS) is 18.1. The van der Waals surface area contributed by atoms with E-state index in [9.17, 15) is 4.79 Å². The monoisotopic (exact) mass is 301 g/mol. The molecule has 0 radical (unpaired) electrons. The molecule has 0 aliphatic carbocycles. The molecular weight excluding hydrogens is 290 g/mol.